The van der Waals surface area contributed by atoms with Crippen LogP contribution in [0.25, 0.3) is 0 Å². The molecule has 1 aliphatic rings. The quantitative estimate of drug-likeness (QED) is 0.857. The third kappa shape index (κ3) is 2.37. The number of carbonyl (C=O) groups is 1. The molecule has 0 amide bonds. The number of esters is 1. The number of hydrogen-bond donors (Lipinski definition) is 1. The Hall–Kier alpha value is -1.65. The van der Waals surface area contributed by atoms with Gasteiger partial charge in [0.25, 0.3) is 0 Å². The number of hydrogen-bond acceptors (Lipinski definition) is 5. The second-order valence-electron chi connectivity index (χ2n) is 6.59. The van der Waals surface area contributed by atoms with Gasteiger partial charge in [-0.1, -0.05) is 27.7 Å². The molecule has 20 heavy (non-hydrogen) atoms. The molecule has 5 heteroatoms. The lowest BCUT2D eigenvalue weighted by atomic mass is 10.0. The lowest BCUT2D eigenvalue weighted by Gasteiger charge is -2.08. The minimum Gasteiger partial charge on any atom is -0.463 e. The fourth-order valence-corrected chi connectivity index (χ4v) is 2.89. The van der Waals surface area contributed by atoms with Gasteiger partial charge in [-0.3, -0.25) is 0 Å². The summed E-state index contributed by atoms with van der Waals surface area (Å²) in [4.78, 5) is 19.8. The van der Waals surface area contributed by atoms with Crippen molar-refractivity contribution in [2.75, 3.05) is 19.0 Å². The van der Waals surface area contributed by atoms with E-state index >= 15 is 0 Å². The topological polar surface area (TPSA) is 64.1 Å². The monoisotopic (exact) mass is 277 g/mol. The Kier molecular flexibility index (Phi) is 3.48. The van der Waals surface area contributed by atoms with Gasteiger partial charge in [-0.05, 0) is 23.7 Å². The smallest absolute Gasteiger partial charge is 0.376 e. The van der Waals surface area contributed by atoms with E-state index in [4.69, 9.17) is 0 Å². The number of rotatable bonds is 4. The SMILES string of the molecule is COC(=O)c1nc(C)cc(NCC2C(C)(C)C2(C)C)n1. The fraction of sp³-hybridized carbons (Fsp3) is 0.667. The molecule has 2 rings (SSSR count). The van der Waals surface area contributed by atoms with Gasteiger partial charge in [-0.15, -0.1) is 0 Å². The summed E-state index contributed by atoms with van der Waals surface area (Å²) in [6.07, 6.45) is 0. The summed E-state index contributed by atoms with van der Waals surface area (Å²) in [5.74, 6) is 0.858. The largest absolute Gasteiger partial charge is 0.463 e. The molecule has 1 heterocycles. The fourth-order valence-electron chi connectivity index (χ4n) is 2.89. The first-order valence-corrected chi connectivity index (χ1v) is 6.88. The molecule has 0 bridgehead atoms. The van der Waals surface area contributed by atoms with Gasteiger partial charge in [0.2, 0.25) is 5.82 Å². The van der Waals surface area contributed by atoms with Crippen LogP contribution < -0.4 is 5.32 Å². The summed E-state index contributed by atoms with van der Waals surface area (Å²) in [6, 6.07) is 1.84. The van der Waals surface area contributed by atoms with Gasteiger partial charge in [0.05, 0.1) is 7.11 Å². The van der Waals surface area contributed by atoms with E-state index in [2.05, 4.69) is 47.7 Å². The van der Waals surface area contributed by atoms with E-state index in [9.17, 15) is 4.79 Å². The summed E-state index contributed by atoms with van der Waals surface area (Å²) in [6.45, 7) is 11.8. The minimum atomic E-state index is -0.510. The van der Waals surface area contributed by atoms with Crippen LogP contribution in [0.1, 0.15) is 44.0 Å². The Bertz CT molecular complexity index is 524. The van der Waals surface area contributed by atoms with Crippen molar-refractivity contribution < 1.29 is 9.53 Å². The molecule has 0 radical (unpaired) electrons. The Labute approximate surface area is 120 Å². The molecule has 1 fully saturated rings. The molecular weight excluding hydrogens is 254 g/mol. The number of anilines is 1. The number of nitrogens with zero attached hydrogens (tertiary/aromatic N) is 2. The molecule has 110 valence electrons. The molecule has 1 aromatic heterocycles. The zero-order chi connectivity index (χ0) is 15.1. The van der Waals surface area contributed by atoms with Crippen molar-refractivity contribution in [1.82, 2.24) is 9.97 Å². The van der Waals surface area contributed by atoms with E-state index in [0.717, 1.165) is 12.2 Å². The number of ether oxygens (including phenoxy) is 1. The summed E-state index contributed by atoms with van der Waals surface area (Å²) < 4.78 is 4.66. The number of methoxy groups -OCH3 is 1. The highest BCUT2D eigenvalue weighted by molar-refractivity contribution is 5.85. The maximum Gasteiger partial charge on any atom is 0.376 e. The van der Waals surface area contributed by atoms with E-state index in [1.54, 1.807) is 0 Å². The highest BCUT2D eigenvalue weighted by atomic mass is 16.5. The van der Waals surface area contributed by atoms with E-state index < -0.39 is 5.97 Å². The van der Waals surface area contributed by atoms with Crippen LogP contribution in [0.2, 0.25) is 0 Å². The average molecular weight is 277 g/mol. The Morgan fingerprint density at radius 3 is 2.40 bits per heavy atom. The van der Waals surface area contributed by atoms with Crippen LogP contribution in [-0.2, 0) is 4.74 Å². The molecule has 1 N–H and O–H groups in total. The van der Waals surface area contributed by atoms with Crippen molar-refractivity contribution in [3.63, 3.8) is 0 Å². The minimum absolute atomic E-state index is 0.101. The predicted molar refractivity (Wildman–Crippen MR) is 77.7 cm³/mol. The molecule has 1 aliphatic carbocycles. The zero-order valence-electron chi connectivity index (χ0n) is 13.1. The maximum absolute atomic E-state index is 11.5. The second-order valence-corrected chi connectivity index (χ2v) is 6.59. The number of aromatic nitrogens is 2. The van der Waals surface area contributed by atoms with Crippen LogP contribution in [-0.4, -0.2) is 29.6 Å². The first-order chi connectivity index (χ1) is 9.20. The summed E-state index contributed by atoms with van der Waals surface area (Å²) in [5.41, 5.74) is 1.40. The van der Waals surface area contributed by atoms with Gasteiger partial charge in [0.1, 0.15) is 5.82 Å². The van der Waals surface area contributed by atoms with Crippen molar-refractivity contribution in [3.8, 4) is 0 Å². The van der Waals surface area contributed by atoms with Gasteiger partial charge < -0.3 is 10.1 Å². The Morgan fingerprint density at radius 1 is 1.30 bits per heavy atom. The van der Waals surface area contributed by atoms with E-state index in [-0.39, 0.29) is 5.82 Å². The van der Waals surface area contributed by atoms with Gasteiger partial charge >= 0.3 is 5.97 Å². The van der Waals surface area contributed by atoms with Crippen LogP contribution in [0.4, 0.5) is 5.82 Å². The Balaban J connectivity index is 2.08. The lowest BCUT2D eigenvalue weighted by molar-refractivity contribution is 0.0586. The average Bonchev–Trinajstić information content (AvgIpc) is 2.75. The molecule has 0 saturated heterocycles. The van der Waals surface area contributed by atoms with Gasteiger partial charge in [0.15, 0.2) is 0 Å². The van der Waals surface area contributed by atoms with Gasteiger partial charge in [-0.2, -0.15) is 0 Å². The molecule has 0 atom stereocenters. The van der Waals surface area contributed by atoms with Crippen LogP contribution in [0.15, 0.2) is 6.07 Å². The van der Waals surface area contributed by atoms with Crippen LogP contribution in [0, 0.1) is 23.7 Å². The van der Waals surface area contributed by atoms with Crippen LogP contribution in [0.3, 0.4) is 0 Å². The van der Waals surface area contributed by atoms with Gasteiger partial charge in [0, 0.05) is 18.3 Å². The van der Waals surface area contributed by atoms with Crippen molar-refractivity contribution in [2.24, 2.45) is 16.7 Å². The molecule has 0 aromatic carbocycles. The first kappa shape index (κ1) is 14.8. The molecule has 0 unspecified atom stereocenters. The second kappa shape index (κ2) is 4.72. The third-order valence-electron chi connectivity index (χ3n) is 5.03. The standard InChI is InChI=1S/C15H23N3O2/c1-9-7-11(18-12(17-9)13(19)20-6)16-8-10-14(2,3)15(10,4)5/h7,10H,8H2,1-6H3,(H,16,17,18). The summed E-state index contributed by atoms with van der Waals surface area (Å²) in [7, 11) is 1.33. The normalized spacial score (nSPS) is 19.5. The van der Waals surface area contributed by atoms with Crippen LogP contribution >= 0.6 is 0 Å². The van der Waals surface area contributed by atoms with Crippen molar-refractivity contribution in [3.05, 3.63) is 17.6 Å². The summed E-state index contributed by atoms with van der Waals surface area (Å²) >= 11 is 0. The summed E-state index contributed by atoms with van der Waals surface area (Å²) in [5, 5.41) is 3.32. The molecule has 0 spiro atoms. The van der Waals surface area contributed by atoms with Crippen LogP contribution in [0.5, 0.6) is 0 Å². The molecular formula is C15H23N3O2. The van der Waals surface area contributed by atoms with Crippen molar-refractivity contribution in [1.29, 1.82) is 0 Å². The van der Waals surface area contributed by atoms with E-state index in [0.29, 0.717) is 22.6 Å². The van der Waals surface area contributed by atoms with E-state index in [1.807, 2.05) is 13.0 Å². The first-order valence-electron chi connectivity index (χ1n) is 6.88. The highest BCUT2D eigenvalue weighted by Gasteiger charge is 2.64. The molecule has 0 aliphatic heterocycles. The molecule has 1 aromatic rings. The number of carbonyl (C=O) groups excluding carboxylic acids is 1. The molecule has 5 nitrogen and oxygen atoms in total. The zero-order valence-corrected chi connectivity index (χ0v) is 13.1. The van der Waals surface area contributed by atoms with Gasteiger partial charge in [-0.25, -0.2) is 14.8 Å². The van der Waals surface area contributed by atoms with Crippen molar-refractivity contribution >= 4 is 11.8 Å². The van der Waals surface area contributed by atoms with E-state index in [1.165, 1.54) is 7.11 Å². The third-order valence-corrected chi connectivity index (χ3v) is 5.03. The Morgan fingerprint density at radius 2 is 1.90 bits per heavy atom. The van der Waals surface area contributed by atoms with Crippen molar-refractivity contribution in [2.45, 2.75) is 34.6 Å². The number of nitrogens with one attached hydrogen (secondary N) is 1. The lowest BCUT2D eigenvalue weighted by Crippen LogP contribution is -2.14. The number of aryl methyl sites for hydroxylation is 1. The predicted octanol–water partition coefficient (Wildman–Crippen LogP) is 2.67. The highest BCUT2D eigenvalue weighted by Crippen LogP contribution is 2.68. The maximum atomic E-state index is 11.5. The molecule has 1 saturated carbocycles.